The molecule has 0 aliphatic heterocycles. The van der Waals surface area contributed by atoms with E-state index in [2.05, 4.69) is 68.3 Å². The minimum absolute atomic E-state index is 0.184. The molecule has 4 rings (SSSR count). The van der Waals surface area contributed by atoms with Crippen LogP contribution in [0.4, 0.5) is 0 Å². The predicted octanol–water partition coefficient (Wildman–Crippen LogP) is 8.06. The number of rotatable bonds is 6. The Morgan fingerprint density at radius 3 is 2.00 bits per heavy atom. The van der Waals surface area contributed by atoms with Gasteiger partial charge in [0.05, 0.1) is 11.6 Å². The van der Waals surface area contributed by atoms with Gasteiger partial charge in [-0.05, 0) is 52.2 Å². The van der Waals surface area contributed by atoms with E-state index in [1.165, 1.54) is 5.56 Å². The van der Waals surface area contributed by atoms with Crippen LogP contribution in [0.3, 0.4) is 0 Å². The SMILES string of the molecule is COc1ccc(-c2oc(-c3ccccc3)c(CC(Br)c3ccccc3)c2Br)cc1. The third-order valence-electron chi connectivity index (χ3n) is 4.88. The normalized spacial score (nSPS) is 12.0. The van der Waals surface area contributed by atoms with E-state index in [-0.39, 0.29) is 4.83 Å². The van der Waals surface area contributed by atoms with Crippen molar-refractivity contribution < 1.29 is 9.15 Å². The van der Waals surface area contributed by atoms with E-state index in [0.717, 1.165) is 44.9 Å². The third kappa shape index (κ3) is 4.34. The van der Waals surface area contributed by atoms with Crippen LogP contribution in [0.5, 0.6) is 5.75 Å². The maximum absolute atomic E-state index is 6.42. The number of alkyl halides is 1. The van der Waals surface area contributed by atoms with Gasteiger partial charge in [-0.2, -0.15) is 0 Å². The second kappa shape index (κ2) is 9.02. The standard InChI is InChI=1S/C25H20Br2O2/c1-28-20-14-12-19(13-15-20)25-23(27)21(16-22(26)17-8-4-2-5-9-17)24(29-25)18-10-6-3-7-11-18/h2-15,22H,16H2,1H3. The monoisotopic (exact) mass is 510 g/mol. The molecule has 0 spiro atoms. The van der Waals surface area contributed by atoms with Gasteiger partial charge in [0, 0.05) is 21.5 Å². The molecule has 2 nitrogen and oxygen atoms in total. The first-order chi connectivity index (χ1) is 14.2. The van der Waals surface area contributed by atoms with Gasteiger partial charge in [0.2, 0.25) is 0 Å². The van der Waals surface area contributed by atoms with E-state index < -0.39 is 0 Å². The lowest BCUT2D eigenvalue weighted by atomic mass is 10.0. The Bertz CT molecular complexity index is 1070. The highest BCUT2D eigenvalue weighted by molar-refractivity contribution is 9.10. The number of hydrogen-bond acceptors (Lipinski definition) is 2. The van der Waals surface area contributed by atoms with Gasteiger partial charge in [0.15, 0.2) is 0 Å². The Morgan fingerprint density at radius 2 is 1.38 bits per heavy atom. The molecule has 4 aromatic rings. The molecule has 0 bridgehead atoms. The topological polar surface area (TPSA) is 22.4 Å². The first kappa shape index (κ1) is 20.0. The molecule has 29 heavy (non-hydrogen) atoms. The average molecular weight is 512 g/mol. The molecule has 0 fully saturated rings. The van der Waals surface area contributed by atoms with Crippen LogP contribution < -0.4 is 4.74 Å². The molecule has 1 heterocycles. The third-order valence-corrected chi connectivity index (χ3v) is 6.57. The van der Waals surface area contributed by atoms with Crippen LogP contribution in [0.25, 0.3) is 22.6 Å². The zero-order valence-electron chi connectivity index (χ0n) is 15.9. The van der Waals surface area contributed by atoms with E-state index in [4.69, 9.17) is 9.15 Å². The number of ether oxygens (including phenoxy) is 1. The Morgan fingerprint density at radius 1 is 0.793 bits per heavy atom. The molecule has 1 unspecified atom stereocenters. The van der Waals surface area contributed by atoms with Gasteiger partial charge < -0.3 is 9.15 Å². The van der Waals surface area contributed by atoms with E-state index >= 15 is 0 Å². The van der Waals surface area contributed by atoms with Gasteiger partial charge in [0.1, 0.15) is 17.3 Å². The lowest BCUT2D eigenvalue weighted by molar-refractivity contribution is 0.415. The second-order valence-corrected chi connectivity index (χ2v) is 8.63. The zero-order valence-corrected chi connectivity index (χ0v) is 19.1. The number of methoxy groups -OCH3 is 1. The summed E-state index contributed by atoms with van der Waals surface area (Å²) in [5.74, 6) is 2.54. The molecule has 4 heteroatoms. The Hall–Kier alpha value is -2.30. The molecular formula is C25H20Br2O2. The van der Waals surface area contributed by atoms with E-state index in [9.17, 15) is 0 Å². The van der Waals surface area contributed by atoms with Crippen LogP contribution in [0, 0.1) is 0 Å². The predicted molar refractivity (Wildman–Crippen MR) is 126 cm³/mol. The lowest BCUT2D eigenvalue weighted by Crippen LogP contribution is -1.96. The molecule has 1 aromatic heterocycles. The first-order valence-corrected chi connectivity index (χ1v) is 11.1. The molecule has 0 aliphatic carbocycles. The summed E-state index contributed by atoms with van der Waals surface area (Å²) in [7, 11) is 1.67. The maximum atomic E-state index is 6.42. The lowest BCUT2D eigenvalue weighted by Gasteiger charge is -2.11. The van der Waals surface area contributed by atoms with Crippen molar-refractivity contribution in [2.75, 3.05) is 7.11 Å². The summed E-state index contributed by atoms with van der Waals surface area (Å²) >= 11 is 7.70. The number of benzene rings is 3. The molecule has 146 valence electrons. The summed E-state index contributed by atoms with van der Waals surface area (Å²) in [5.41, 5.74) is 4.46. The van der Waals surface area contributed by atoms with E-state index in [1.807, 2.05) is 48.5 Å². The van der Waals surface area contributed by atoms with Gasteiger partial charge >= 0.3 is 0 Å². The van der Waals surface area contributed by atoms with Crippen molar-refractivity contribution in [3.8, 4) is 28.4 Å². The number of halogens is 2. The van der Waals surface area contributed by atoms with Gasteiger partial charge in [-0.1, -0.05) is 76.6 Å². The van der Waals surface area contributed by atoms with Gasteiger partial charge in [0.25, 0.3) is 0 Å². The Kier molecular flexibility index (Phi) is 6.22. The zero-order chi connectivity index (χ0) is 20.2. The molecule has 0 amide bonds. The second-order valence-electron chi connectivity index (χ2n) is 6.73. The largest absolute Gasteiger partial charge is 0.497 e. The van der Waals surface area contributed by atoms with Crippen molar-refractivity contribution in [3.63, 3.8) is 0 Å². The van der Waals surface area contributed by atoms with Crippen LogP contribution in [0.2, 0.25) is 0 Å². The fourth-order valence-corrected chi connectivity index (χ4v) is 4.62. The van der Waals surface area contributed by atoms with Crippen LogP contribution >= 0.6 is 31.9 Å². The van der Waals surface area contributed by atoms with Gasteiger partial charge in [-0.25, -0.2) is 0 Å². The molecule has 1 atom stereocenters. The molecule has 0 N–H and O–H groups in total. The van der Waals surface area contributed by atoms with E-state index in [1.54, 1.807) is 7.11 Å². The smallest absolute Gasteiger partial charge is 0.149 e. The van der Waals surface area contributed by atoms with Crippen LogP contribution in [-0.2, 0) is 6.42 Å². The van der Waals surface area contributed by atoms with Crippen molar-refractivity contribution >= 4 is 31.9 Å². The van der Waals surface area contributed by atoms with Crippen LogP contribution in [0.1, 0.15) is 16.0 Å². The molecule has 3 aromatic carbocycles. The van der Waals surface area contributed by atoms with Crippen molar-refractivity contribution in [1.82, 2.24) is 0 Å². The number of hydrogen-bond donors (Lipinski definition) is 0. The average Bonchev–Trinajstić information content (AvgIpc) is 3.11. The van der Waals surface area contributed by atoms with Gasteiger partial charge in [-0.15, -0.1) is 0 Å². The Balaban J connectivity index is 1.78. The molecule has 0 saturated carbocycles. The molecular weight excluding hydrogens is 492 g/mol. The highest BCUT2D eigenvalue weighted by Crippen LogP contribution is 2.43. The summed E-state index contributed by atoms with van der Waals surface area (Å²) < 4.78 is 12.7. The number of furan rings is 1. The maximum Gasteiger partial charge on any atom is 0.149 e. The first-order valence-electron chi connectivity index (χ1n) is 9.37. The molecule has 0 saturated heterocycles. The van der Waals surface area contributed by atoms with E-state index in [0.29, 0.717) is 0 Å². The van der Waals surface area contributed by atoms with Crippen LogP contribution in [-0.4, -0.2) is 7.11 Å². The fraction of sp³-hybridized carbons (Fsp3) is 0.120. The minimum Gasteiger partial charge on any atom is -0.497 e. The summed E-state index contributed by atoms with van der Waals surface area (Å²) in [4.78, 5) is 0.184. The van der Waals surface area contributed by atoms with Crippen LogP contribution in [0.15, 0.2) is 93.8 Å². The van der Waals surface area contributed by atoms with Crippen molar-refractivity contribution in [2.24, 2.45) is 0 Å². The summed E-state index contributed by atoms with van der Waals surface area (Å²) in [6.45, 7) is 0. The highest BCUT2D eigenvalue weighted by Gasteiger charge is 2.23. The van der Waals surface area contributed by atoms with Gasteiger partial charge in [-0.3, -0.25) is 0 Å². The molecule has 0 radical (unpaired) electrons. The summed E-state index contributed by atoms with van der Waals surface area (Å²) in [5, 5.41) is 0. The fourth-order valence-electron chi connectivity index (χ4n) is 3.34. The summed E-state index contributed by atoms with van der Waals surface area (Å²) in [6.07, 6.45) is 0.800. The Labute approximate surface area is 187 Å². The van der Waals surface area contributed by atoms with Crippen molar-refractivity contribution in [3.05, 3.63) is 101 Å². The van der Waals surface area contributed by atoms with Crippen molar-refractivity contribution in [1.29, 1.82) is 0 Å². The highest BCUT2D eigenvalue weighted by atomic mass is 79.9. The molecule has 0 aliphatic rings. The van der Waals surface area contributed by atoms with Crippen molar-refractivity contribution in [2.45, 2.75) is 11.2 Å². The minimum atomic E-state index is 0.184. The quantitative estimate of drug-likeness (QED) is 0.244. The summed E-state index contributed by atoms with van der Waals surface area (Å²) in [6, 6.07) is 28.6.